The second-order valence-corrected chi connectivity index (χ2v) is 8.67. The van der Waals surface area contributed by atoms with Crippen LogP contribution in [0.5, 0.6) is 0 Å². The van der Waals surface area contributed by atoms with Crippen LogP contribution in [-0.4, -0.2) is 26.9 Å². The number of amides is 2. The van der Waals surface area contributed by atoms with E-state index in [9.17, 15) is 19.7 Å². The lowest BCUT2D eigenvalue weighted by Crippen LogP contribution is -2.32. The number of hydrogen-bond acceptors (Lipinski definition) is 7. The molecular weight excluding hydrogens is 412 g/mol. The summed E-state index contributed by atoms with van der Waals surface area (Å²) < 4.78 is 5.34. The molecule has 2 aliphatic carbocycles. The van der Waals surface area contributed by atoms with E-state index in [1.807, 2.05) is 0 Å². The van der Waals surface area contributed by atoms with Crippen LogP contribution >= 0.6 is 0 Å². The summed E-state index contributed by atoms with van der Waals surface area (Å²) in [6.07, 6.45) is 3.10. The number of rotatable bonds is 4. The molecule has 0 unspecified atom stereocenters. The van der Waals surface area contributed by atoms with Gasteiger partial charge < -0.3 is 4.52 Å². The molecule has 2 amide bonds. The molecule has 3 aliphatic rings. The molecule has 1 aromatic heterocycles. The molecule has 2 bridgehead atoms. The van der Waals surface area contributed by atoms with E-state index in [4.69, 9.17) is 4.52 Å². The van der Waals surface area contributed by atoms with Gasteiger partial charge in [0, 0.05) is 23.3 Å². The SMILES string of the molecule is O=C1[C@@H]2[C@H]3CC[C@@H](C3)[C@H]2C(=O)N1c1ccc(-c2nc(-c3ccc([N+](=O)[O-])cc3)no2)cc1. The summed E-state index contributed by atoms with van der Waals surface area (Å²) in [5.41, 5.74) is 1.79. The topological polar surface area (TPSA) is 119 Å². The van der Waals surface area contributed by atoms with Crippen molar-refractivity contribution < 1.29 is 19.0 Å². The maximum Gasteiger partial charge on any atom is 0.269 e. The van der Waals surface area contributed by atoms with Gasteiger partial charge >= 0.3 is 0 Å². The van der Waals surface area contributed by atoms with Crippen LogP contribution in [0, 0.1) is 33.8 Å². The minimum Gasteiger partial charge on any atom is -0.334 e. The molecule has 160 valence electrons. The minimum atomic E-state index is -0.471. The Morgan fingerprint density at radius 1 is 0.906 bits per heavy atom. The summed E-state index contributed by atoms with van der Waals surface area (Å²) in [5, 5.41) is 14.8. The molecule has 1 aliphatic heterocycles. The molecule has 9 nitrogen and oxygen atoms in total. The van der Waals surface area contributed by atoms with E-state index in [2.05, 4.69) is 10.1 Å². The Kier molecular flexibility index (Phi) is 4.01. The highest BCUT2D eigenvalue weighted by molar-refractivity contribution is 6.22. The van der Waals surface area contributed by atoms with Crippen LogP contribution in [0.15, 0.2) is 53.1 Å². The lowest BCUT2D eigenvalue weighted by atomic mass is 9.81. The highest BCUT2D eigenvalue weighted by atomic mass is 16.6. The predicted octanol–water partition coefficient (Wildman–Crippen LogP) is 3.85. The fourth-order valence-electron chi connectivity index (χ4n) is 5.61. The molecule has 2 saturated carbocycles. The Morgan fingerprint density at radius 2 is 1.50 bits per heavy atom. The molecule has 32 heavy (non-hydrogen) atoms. The quantitative estimate of drug-likeness (QED) is 0.350. The van der Waals surface area contributed by atoms with Gasteiger partial charge in [0.05, 0.1) is 22.4 Å². The van der Waals surface area contributed by atoms with Gasteiger partial charge in [0.15, 0.2) is 0 Å². The number of benzene rings is 2. The molecule has 6 rings (SSSR count). The zero-order valence-corrected chi connectivity index (χ0v) is 16.9. The van der Waals surface area contributed by atoms with Crippen molar-refractivity contribution in [3.8, 4) is 22.8 Å². The van der Waals surface area contributed by atoms with Gasteiger partial charge in [0.2, 0.25) is 17.6 Å². The van der Waals surface area contributed by atoms with Gasteiger partial charge in [-0.2, -0.15) is 4.98 Å². The number of non-ortho nitro benzene ring substituents is 1. The summed E-state index contributed by atoms with van der Waals surface area (Å²) in [7, 11) is 0. The maximum atomic E-state index is 13.0. The first kappa shape index (κ1) is 18.9. The van der Waals surface area contributed by atoms with Gasteiger partial charge in [-0.15, -0.1) is 0 Å². The Morgan fingerprint density at radius 3 is 2.09 bits per heavy atom. The van der Waals surface area contributed by atoms with E-state index in [1.54, 1.807) is 36.4 Å². The van der Waals surface area contributed by atoms with Gasteiger partial charge in [-0.3, -0.25) is 24.6 Å². The summed E-state index contributed by atoms with van der Waals surface area (Å²) in [6, 6.07) is 12.8. The van der Waals surface area contributed by atoms with Crippen molar-refractivity contribution in [1.29, 1.82) is 0 Å². The third-order valence-electron chi connectivity index (χ3n) is 7.06. The fraction of sp³-hybridized carbons (Fsp3) is 0.304. The van der Waals surface area contributed by atoms with Crippen LogP contribution in [-0.2, 0) is 9.59 Å². The summed E-state index contributed by atoms with van der Waals surface area (Å²) in [4.78, 5) is 42.0. The molecule has 1 saturated heterocycles. The van der Waals surface area contributed by atoms with E-state index in [1.165, 1.54) is 17.0 Å². The summed E-state index contributed by atoms with van der Waals surface area (Å²) in [5.74, 6) is 0.841. The number of imide groups is 1. The molecule has 4 atom stereocenters. The van der Waals surface area contributed by atoms with Gasteiger partial charge in [-0.25, -0.2) is 0 Å². The number of carbonyl (C=O) groups is 2. The molecule has 0 radical (unpaired) electrons. The van der Waals surface area contributed by atoms with Crippen LogP contribution in [0.25, 0.3) is 22.8 Å². The molecule has 9 heteroatoms. The number of aromatic nitrogens is 2. The zero-order valence-electron chi connectivity index (χ0n) is 16.9. The predicted molar refractivity (Wildman–Crippen MR) is 112 cm³/mol. The van der Waals surface area contributed by atoms with Crippen LogP contribution in [0.2, 0.25) is 0 Å². The zero-order chi connectivity index (χ0) is 22.0. The first-order chi connectivity index (χ1) is 15.5. The number of anilines is 1. The fourth-order valence-corrected chi connectivity index (χ4v) is 5.61. The molecule has 3 aromatic rings. The van der Waals surface area contributed by atoms with E-state index < -0.39 is 4.92 Å². The number of fused-ring (bicyclic) bond motifs is 5. The lowest BCUT2D eigenvalue weighted by Gasteiger charge is -2.19. The van der Waals surface area contributed by atoms with Crippen LogP contribution in [0.3, 0.4) is 0 Å². The molecule has 0 spiro atoms. The van der Waals surface area contributed by atoms with E-state index in [-0.39, 0.29) is 35.2 Å². The highest BCUT2D eigenvalue weighted by Crippen LogP contribution is 2.56. The number of carbonyl (C=O) groups excluding carboxylic acids is 2. The summed E-state index contributed by atoms with van der Waals surface area (Å²) in [6.45, 7) is 0. The van der Waals surface area contributed by atoms with Crippen LogP contribution in [0.1, 0.15) is 19.3 Å². The van der Waals surface area contributed by atoms with Crippen LogP contribution in [0.4, 0.5) is 11.4 Å². The second kappa shape index (κ2) is 6.81. The molecule has 0 N–H and O–H groups in total. The van der Waals surface area contributed by atoms with E-state index in [0.29, 0.717) is 34.5 Å². The second-order valence-electron chi connectivity index (χ2n) is 8.67. The van der Waals surface area contributed by atoms with Gasteiger partial charge in [-0.05, 0) is 67.5 Å². The van der Waals surface area contributed by atoms with Crippen molar-refractivity contribution in [2.45, 2.75) is 19.3 Å². The largest absolute Gasteiger partial charge is 0.334 e. The third-order valence-corrected chi connectivity index (χ3v) is 7.06. The van der Waals surface area contributed by atoms with Crippen molar-refractivity contribution in [3.63, 3.8) is 0 Å². The van der Waals surface area contributed by atoms with Crippen molar-refractivity contribution in [1.82, 2.24) is 10.1 Å². The van der Waals surface area contributed by atoms with Gasteiger partial charge in [-0.1, -0.05) is 5.16 Å². The van der Waals surface area contributed by atoms with Crippen LogP contribution < -0.4 is 4.90 Å². The van der Waals surface area contributed by atoms with E-state index in [0.717, 1.165) is 19.3 Å². The Balaban J connectivity index is 1.24. The molecule has 2 heterocycles. The Hall–Kier alpha value is -3.88. The van der Waals surface area contributed by atoms with Gasteiger partial charge in [0.1, 0.15) is 0 Å². The first-order valence-corrected chi connectivity index (χ1v) is 10.6. The van der Waals surface area contributed by atoms with E-state index >= 15 is 0 Å². The monoisotopic (exact) mass is 430 g/mol. The standard InChI is InChI=1S/C23H18N4O5/c28-22-18-14-1-2-15(11-14)19(18)23(29)26(22)16-7-5-13(6-8-16)21-24-20(25-32-21)12-3-9-17(10-4-12)27(30)31/h3-10,14-15,18-19H,1-2,11H2/t14-,15-,18+,19+/m0/s1. The Bertz CT molecular complexity index is 1220. The van der Waals surface area contributed by atoms with Crippen molar-refractivity contribution in [3.05, 3.63) is 58.6 Å². The first-order valence-electron chi connectivity index (χ1n) is 10.6. The third kappa shape index (κ3) is 2.70. The van der Waals surface area contributed by atoms with Crippen molar-refractivity contribution in [2.24, 2.45) is 23.7 Å². The summed E-state index contributed by atoms with van der Waals surface area (Å²) >= 11 is 0. The lowest BCUT2D eigenvalue weighted by molar-refractivity contribution is -0.384. The van der Waals surface area contributed by atoms with Crippen molar-refractivity contribution in [2.75, 3.05) is 4.90 Å². The molecule has 2 aromatic carbocycles. The number of hydrogen-bond donors (Lipinski definition) is 0. The average molecular weight is 430 g/mol. The number of nitro benzene ring substituents is 1. The number of nitro groups is 1. The molecule has 3 fully saturated rings. The Labute approximate surface area is 182 Å². The van der Waals surface area contributed by atoms with Gasteiger partial charge in [0.25, 0.3) is 11.6 Å². The normalized spacial score (nSPS) is 26.1. The smallest absolute Gasteiger partial charge is 0.269 e. The maximum absolute atomic E-state index is 13.0. The number of nitrogens with zero attached hydrogens (tertiary/aromatic N) is 4. The van der Waals surface area contributed by atoms with Crippen molar-refractivity contribution >= 4 is 23.2 Å². The molecular formula is C23H18N4O5. The highest BCUT2D eigenvalue weighted by Gasteiger charge is 2.61. The average Bonchev–Trinajstić information content (AvgIpc) is 3.58. The minimum absolute atomic E-state index is 0.0174.